The van der Waals surface area contributed by atoms with Crippen LogP contribution >= 0.6 is 12.6 Å². The molecule has 150 valence electrons. The number of rotatable bonds is 6. The van der Waals surface area contributed by atoms with Gasteiger partial charge in [0, 0.05) is 27.7 Å². The van der Waals surface area contributed by atoms with Crippen molar-refractivity contribution in [3.63, 3.8) is 0 Å². The molecule has 27 heavy (non-hydrogen) atoms. The van der Waals surface area contributed by atoms with Crippen LogP contribution in [-0.4, -0.2) is 59.8 Å². The van der Waals surface area contributed by atoms with Gasteiger partial charge in [-0.15, -0.1) is 12.6 Å². The van der Waals surface area contributed by atoms with E-state index in [1.165, 1.54) is 0 Å². The van der Waals surface area contributed by atoms with Crippen LogP contribution in [0.25, 0.3) is 0 Å². The monoisotopic (exact) mass is 403 g/mol. The van der Waals surface area contributed by atoms with E-state index in [0.717, 1.165) is 27.7 Å². The van der Waals surface area contributed by atoms with Crippen molar-refractivity contribution < 1.29 is 42.9 Å². The predicted molar refractivity (Wildman–Crippen MR) is 90.1 cm³/mol. The summed E-state index contributed by atoms with van der Waals surface area (Å²) in [6.07, 6.45) is -5.46. The van der Waals surface area contributed by atoms with Crippen molar-refractivity contribution in [2.75, 3.05) is 6.61 Å². The van der Waals surface area contributed by atoms with Crippen molar-refractivity contribution in [2.24, 2.45) is 0 Å². The molecule has 0 aromatic heterocycles. The van der Waals surface area contributed by atoms with Crippen LogP contribution in [0.5, 0.6) is 0 Å². The number of hydrogen-bond acceptors (Lipinski definition) is 11. The van der Waals surface area contributed by atoms with Crippen LogP contribution in [0.1, 0.15) is 34.1 Å². The van der Waals surface area contributed by atoms with Crippen molar-refractivity contribution in [1.29, 1.82) is 5.26 Å². The van der Waals surface area contributed by atoms with Gasteiger partial charge in [0.05, 0.1) is 12.5 Å². The molecule has 1 rings (SSSR count). The molecule has 0 aromatic carbocycles. The first-order chi connectivity index (χ1) is 12.5. The first-order valence-corrected chi connectivity index (χ1v) is 8.37. The Kier molecular flexibility index (Phi) is 8.05. The Morgan fingerprint density at radius 1 is 0.963 bits per heavy atom. The zero-order valence-corrected chi connectivity index (χ0v) is 16.2. The van der Waals surface area contributed by atoms with E-state index in [1.807, 2.05) is 6.07 Å². The fraction of sp³-hybridized carbons (Fsp3) is 0.688. The van der Waals surface area contributed by atoms with Crippen LogP contribution in [-0.2, 0) is 42.9 Å². The molecule has 0 saturated carbocycles. The highest BCUT2D eigenvalue weighted by Gasteiger charge is 2.58. The molecule has 1 aliphatic rings. The summed E-state index contributed by atoms with van der Waals surface area (Å²) in [6.45, 7) is 4.13. The molecule has 0 N–H and O–H groups in total. The van der Waals surface area contributed by atoms with E-state index >= 15 is 0 Å². The lowest BCUT2D eigenvalue weighted by molar-refractivity contribution is -0.260. The number of nitriles is 1. The second kappa shape index (κ2) is 9.57. The fourth-order valence-electron chi connectivity index (χ4n) is 2.61. The number of esters is 4. The van der Waals surface area contributed by atoms with Gasteiger partial charge in [-0.1, -0.05) is 0 Å². The normalized spacial score (nSPS) is 29.8. The van der Waals surface area contributed by atoms with Gasteiger partial charge in [-0.05, 0) is 0 Å². The SMILES string of the molecule is CC(=O)OC[C@H]1O[C@](S)(CC#N)[C@@H](OC(C)=O)[C@@H](OC(C)=O)[C@@H]1OC(C)=O. The van der Waals surface area contributed by atoms with Gasteiger partial charge < -0.3 is 23.7 Å². The maximum atomic E-state index is 11.6. The van der Waals surface area contributed by atoms with Gasteiger partial charge in [0.15, 0.2) is 23.2 Å². The van der Waals surface area contributed by atoms with E-state index in [4.69, 9.17) is 28.9 Å². The van der Waals surface area contributed by atoms with Crippen LogP contribution in [0.3, 0.4) is 0 Å². The first-order valence-electron chi connectivity index (χ1n) is 7.92. The minimum Gasteiger partial charge on any atom is -0.463 e. The van der Waals surface area contributed by atoms with Gasteiger partial charge in [-0.25, -0.2) is 0 Å². The van der Waals surface area contributed by atoms with Gasteiger partial charge >= 0.3 is 23.9 Å². The summed E-state index contributed by atoms with van der Waals surface area (Å²) in [4.78, 5) is 44.1. The largest absolute Gasteiger partial charge is 0.463 e. The van der Waals surface area contributed by atoms with E-state index in [1.54, 1.807) is 0 Å². The van der Waals surface area contributed by atoms with Gasteiger partial charge in [0.2, 0.25) is 0 Å². The van der Waals surface area contributed by atoms with Crippen molar-refractivity contribution in [2.45, 2.75) is 63.5 Å². The third-order valence-corrected chi connectivity index (χ3v) is 3.99. The second-order valence-corrected chi connectivity index (χ2v) is 6.57. The zero-order valence-electron chi connectivity index (χ0n) is 15.3. The maximum Gasteiger partial charge on any atom is 0.303 e. The van der Waals surface area contributed by atoms with Gasteiger partial charge in [0.25, 0.3) is 0 Å². The number of nitrogens with zero attached hydrogens (tertiary/aromatic N) is 1. The molecule has 0 radical (unpaired) electrons. The van der Waals surface area contributed by atoms with E-state index in [-0.39, 0.29) is 13.0 Å². The van der Waals surface area contributed by atoms with Gasteiger partial charge in [-0.2, -0.15) is 5.26 Å². The number of ether oxygens (including phenoxy) is 5. The summed E-state index contributed by atoms with van der Waals surface area (Å²) in [6, 6.07) is 1.85. The maximum absolute atomic E-state index is 11.6. The Hall–Kier alpha value is -2.32. The Morgan fingerprint density at radius 3 is 1.93 bits per heavy atom. The molecule has 0 amide bonds. The van der Waals surface area contributed by atoms with E-state index in [2.05, 4.69) is 12.6 Å². The average molecular weight is 403 g/mol. The summed E-state index contributed by atoms with van der Waals surface area (Å²) >= 11 is 4.32. The van der Waals surface area contributed by atoms with Crippen molar-refractivity contribution in [1.82, 2.24) is 0 Å². The second-order valence-electron chi connectivity index (χ2n) is 5.82. The molecule has 11 heteroatoms. The van der Waals surface area contributed by atoms with Gasteiger partial charge in [-0.3, -0.25) is 19.2 Å². The van der Waals surface area contributed by atoms with Crippen molar-refractivity contribution in [3.05, 3.63) is 0 Å². The number of carbonyl (C=O) groups excluding carboxylic acids is 4. The highest BCUT2D eigenvalue weighted by Crippen LogP contribution is 2.40. The summed E-state index contributed by atoms with van der Waals surface area (Å²) in [5.74, 6) is -2.87. The Bertz CT molecular complexity index is 646. The minimum atomic E-state index is -1.71. The molecule has 0 unspecified atom stereocenters. The predicted octanol–water partition coefficient (Wildman–Crippen LogP) is 0.283. The Balaban J connectivity index is 3.39. The third-order valence-electron chi connectivity index (χ3n) is 3.47. The molecule has 1 heterocycles. The molecule has 1 aliphatic heterocycles. The number of carbonyl (C=O) groups is 4. The third kappa shape index (κ3) is 6.41. The quantitative estimate of drug-likeness (QED) is 0.374. The van der Waals surface area contributed by atoms with Crippen LogP contribution in [0.4, 0.5) is 0 Å². The number of hydrogen-bond donors (Lipinski definition) is 1. The van der Waals surface area contributed by atoms with Crippen molar-refractivity contribution >= 4 is 36.5 Å². The van der Waals surface area contributed by atoms with E-state index in [0.29, 0.717) is 0 Å². The lowest BCUT2D eigenvalue weighted by Crippen LogP contribution is -2.66. The molecule has 1 fully saturated rings. The highest BCUT2D eigenvalue weighted by atomic mass is 32.1. The molecule has 0 spiro atoms. The fourth-order valence-corrected chi connectivity index (χ4v) is 3.02. The molecule has 5 atom stereocenters. The van der Waals surface area contributed by atoms with E-state index < -0.39 is 53.2 Å². The van der Waals surface area contributed by atoms with Gasteiger partial charge in [0.1, 0.15) is 12.7 Å². The summed E-state index contributed by atoms with van der Waals surface area (Å²) in [5, 5.41) is 9.12. The highest BCUT2D eigenvalue weighted by molar-refractivity contribution is 7.81. The van der Waals surface area contributed by atoms with Crippen LogP contribution in [0.15, 0.2) is 0 Å². The lowest BCUT2D eigenvalue weighted by atomic mass is 9.92. The van der Waals surface area contributed by atoms with E-state index in [9.17, 15) is 19.2 Å². The zero-order chi connectivity index (χ0) is 20.8. The average Bonchev–Trinajstić information content (AvgIpc) is 2.51. The van der Waals surface area contributed by atoms with Crippen LogP contribution in [0, 0.1) is 11.3 Å². The molecule has 0 bridgehead atoms. The molecule has 10 nitrogen and oxygen atoms in total. The summed E-state index contributed by atoms with van der Waals surface area (Å²) < 4.78 is 26.2. The lowest BCUT2D eigenvalue weighted by Gasteiger charge is -2.48. The molecule has 0 aliphatic carbocycles. The molecular weight excluding hydrogens is 382 g/mol. The summed E-state index contributed by atoms with van der Waals surface area (Å²) in [7, 11) is 0. The molecule has 1 saturated heterocycles. The summed E-state index contributed by atoms with van der Waals surface area (Å²) in [5.41, 5.74) is 0. The minimum absolute atomic E-state index is 0.366. The van der Waals surface area contributed by atoms with Crippen LogP contribution < -0.4 is 0 Å². The number of thiol groups is 1. The molecule has 0 aromatic rings. The van der Waals surface area contributed by atoms with Crippen LogP contribution in [0.2, 0.25) is 0 Å². The Labute approximate surface area is 161 Å². The standard InChI is InChI=1S/C16H21NO9S/c1-8(18)22-7-12-13(23-9(2)19)14(24-10(3)20)15(25-11(4)21)16(27,26-12)5-6-17/h12-15,27H,5,7H2,1-4H3/t12-,13-,14+,15+,16+/m1/s1. The molecular formula is C16H21NO9S. The topological polar surface area (TPSA) is 138 Å². The van der Waals surface area contributed by atoms with Crippen molar-refractivity contribution in [3.8, 4) is 6.07 Å². The Morgan fingerprint density at radius 2 is 1.48 bits per heavy atom. The first kappa shape index (κ1) is 22.7. The smallest absolute Gasteiger partial charge is 0.303 e.